The number of amides is 2. The number of rotatable bonds is 3. The maximum Gasteiger partial charge on any atom is 0.412 e. The van der Waals surface area contributed by atoms with E-state index in [1.807, 2.05) is 0 Å². The molecule has 2 aromatic carbocycles. The van der Waals surface area contributed by atoms with Crippen molar-refractivity contribution in [2.75, 3.05) is 18.4 Å². The Kier molecular flexibility index (Phi) is 6.73. The maximum absolute atomic E-state index is 14.9. The summed E-state index contributed by atoms with van der Waals surface area (Å²) < 4.78 is 33.6. The number of anilines is 1. The van der Waals surface area contributed by atoms with Gasteiger partial charge < -0.3 is 15.4 Å². The van der Waals surface area contributed by atoms with Gasteiger partial charge in [-0.15, -0.1) is 12.4 Å². The maximum atomic E-state index is 14.9. The van der Waals surface area contributed by atoms with E-state index in [1.165, 1.54) is 29.2 Å². The summed E-state index contributed by atoms with van der Waals surface area (Å²) in [6.07, 6.45) is 0.352. The first-order valence-corrected chi connectivity index (χ1v) is 9.94. The van der Waals surface area contributed by atoms with Crippen molar-refractivity contribution in [3.05, 3.63) is 64.2 Å². The molecule has 2 aromatic rings. The largest absolute Gasteiger partial charge is 0.436 e. The molecular weight excluding hydrogens is 451 g/mol. The number of nitrogens with one attached hydrogen (secondary N) is 1. The van der Waals surface area contributed by atoms with Gasteiger partial charge in [0.05, 0.1) is 28.9 Å². The van der Waals surface area contributed by atoms with Crippen molar-refractivity contribution in [1.82, 2.24) is 4.90 Å². The minimum absolute atomic E-state index is 0. The van der Waals surface area contributed by atoms with Crippen LogP contribution in [0.2, 0.25) is 5.02 Å². The zero-order valence-electron chi connectivity index (χ0n) is 16.4. The Morgan fingerprint density at radius 1 is 1.26 bits per heavy atom. The van der Waals surface area contributed by atoms with E-state index < -0.39 is 23.6 Å². The number of ether oxygens (including phenoxy) is 1. The van der Waals surface area contributed by atoms with E-state index in [9.17, 15) is 18.4 Å². The van der Waals surface area contributed by atoms with Gasteiger partial charge in [0.15, 0.2) is 11.4 Å². The first-order chi connectivity index (χ1) is 14.3. The number of fused-ring (bicyclic) bond motifs is 2. The summed E-state index contributed by atoms with van der Waals surface area (Å²) in [7, 11) is 0. The highest BCUT2D eigenvalue weighted by Gasteiger charge is 2.48. The van der Waals surface area contributed by atoms with Gasteiger partial charge in [-0.2, -0.15) is 0 Å². The van der Waals surface area contributed by atoms with E-state index in [0.29, 0.717) is 19.4 Å². The van der Waals surface area contributed by atoms with Gasteiger partial charge in [0.2, 0.25) is 5.91 Å². The van der Waals surface area contributed by atoms with Crippen LogP contribution < -0.4 is 11.1 Å². The first kappa shape index (κ1) is 23.2. The lowest BCUT2D eigenvalue weighted by Gasteiger charge is -2.45. The van der Waals surface area contributed by atoms with E-state index in [2.05, 4.69) is 5.32 Å². The highest BCUT2D eigenvalue weighted by molar-refractivity contribution is 6.31. The zero-order valence-corrected chi connectivity index (χ0v) is 17.9. The summed E-state index contributed by atoms with van der Waals surface area (Å²) in [6.45, 7) is 0.376. The van der Waals surface area contributed by atoms with Crippen LogP contribution in [0.1, 0.15) is 24.0 Å². The molecular formula is C21H21Cl2F2N3O3. The molecule has 6 nitrogen and oxygen atoms in total. The third kappa shape index (κ3) is 4.46. The average molecular weight is 472 g/mol. The third-order valence-corrected chi connectivity index (χ3v) is 5.82. The summed E-state index contributed by atoms with van der Waals surface area (Å²) >= 11 is 5.96. The van der Waals surface area contributed by atoms with Gasteiger partial charge in [0.25, 0.3) is 0 Å². The Labute approximate surface area is 189 Å². The molecule has 0 aromatic heterocycles. The highest BCUT2D eigenvalue weighted by Crippen LogP contribution is 2.45. The van der Waals surface area contributed by atoms with Crippen LogP contribution in [0.25, 0.3) is 0 Å². The predicted molar refractivity (Wildman–Crippen MR) is 114 cm³/mol. The second-order valence-electron chi connectivity index (χ2n) is 7.59. The number of benzene rings is 2. The number of nitrogens with zero attached hydrogens (tertiary/aromatic N) is 1. The van der Waals surface area contributed by atoms with E-state index >= 15 is 0 Å². The molecule has 3 N–H and O–H groups in total. The first-order valence-electron chi connectivity index (χ1n) is 9.56. The second-order valence-corrected chi connectivity index (χ2v) is 8.00. The molecule has 2 atom stereocenters. The molecule has 4 rings (SSSR count). The molecule has 0 bridgehead atoms. The van der Waals surface area contributed by atoms with Crippen molar-refractivity contribution in [1.29, 1.82) is 0 Å². The van der Waals surface area contributed by atoms with Gasteiger partial charge in [-0.25, -0.2) is 13.6 Å². The summed E-state index contributed by atoms with van der Waals surface area (Å²) in [5, 5.41) is 2.39. The van der Waals surface area contributed by atoms with Crippen LogP contribution in [0, 0.1) is 11.6 Å². The van der Waals surface area contributed by atoms with E-state index in [4.69, 9.17) is 22.1 Å². The molecule has 0 saturated carbocycles. The van der Waals surface area contributed by atoms with Crippen molar-refractivity contribution in [2.24, 2.45) is 5.73 Å². The summed E-state index contributed by atoms with van der Waals surface area (Å²) in [5.74, 6) is -1.40. The van der Waals surface area contributed by atoms with Crippen molar-refractivity contribution >= 4 is 41.7 Å². The van der Waals surface area contributed by atoms with E-state index in [0.717, 1.165) is 5.56 Å². The van der Waals surface area contributed by atoms with Crippen LogP contribution in [-0.2, 0) is 21.6 Å². The molecule has 10 heteroatoms. The fourth-order valence-corrected chi connectivity index (χ4v) is 4.32. The third-order valence-electron chi connectivity index (χ3n) is 5.53. The van der Waals surface area contributed by atoms with Crippen LogP contribution in [0.4, 0.5) is 19.3 Å². The van der Waals surface area contributed by atoms with Gasteiger partial charge in [-0.05, 0) is 49.1 Å². The lowest BCUT2D eigenvalue weighted by Crippen LogP contribution is -2.56. The molecule has 0 aliphatic carbocycles. The van der Waals surface area contributed by atoms with Crippen molar-refractivity contribution < 1.29 is 23.1 Å². The van der Waals surface area contributed by atoms with Gasteiger partial charge >= 0.3 is 6.09 Å². The molecule has 31 heavy (non-hydrogen) atoms. The molecule has 2 amide bonds. The summed E-state index contributed by atoms with van der Waals surface area (Å²) in [6, 6.07) is 7.76. The van der Waals surface area contributed by atoms with Crippen LogP contribution in [0.3, 0.4) is 0 Å². The monoisotopic (exact) mass is 471 g/mol. The van der Waals surface area contributed by atoms with Crippen LogP contribution in [-0.4, -0.2) is 36.0 Å². The quantitative estimate of drug-likeness (QED) is 0.708. The Morgan fingerprint density at radius 2 is 1.97 bits per heavy atom. The SMILES string of the molecule is Cl.N[C@@H](Cc1ccc(F)cc1)C(=O)N1CCC[C@@]2(C1)OC(=O)Nc1ccc(Cl)c(F)c12. The van der Waals surface area contributed by atoms with Gasteiger partial charge in [-0.1, -0.05) is 23.7 Å². The molecule has 0 unspecified atom stereocenters. The molecule has 166 valence electrons. The number of piperidine rings is 1. The normalized spacial score (nSPS) is 20.9. The Bertz CT molecular complexity index is 1010. The molecule has 2 aliphatic heterocycles. The fourth-order valence-electron chi connectivity index (χ4n) is 4.16. The minimum atomic E-state index is -1.34. The summed E-state index contributed by atoms with van der Waals surface area (Å²) in [4.78, 5) is 26.6. The van der Waals surface area contributed by atoms with Crippen LogP contribution >= 0.6 is 24.0 Å². The van der Waals surface area contributed by atoms with Crippen molar-refractivity contribution in [3.8, 4) is 0 Å². The van der Waals surface area contributed by atoms with Gasteiger partial charge in [-0.3, -0.25) is 10.1 Å². The number of carbonyl (C=O) groups is 2. The number of nitrogens with two attached hydrogens (primary N) is 1. The standard InChI is InChI=1S/C21H20ClF2N3O3.ClH/c22-14-6-7-16-17(18(14)24)21(30-20(29)26-16)8-1-9-27(11-21)19(28)15(25)10-12-2-4-13(23)5-3-12;/h2-7,15H,1,8-11,25H2,(H,26,29);1H/t15-,21-;/m0./s1. The number of hydrogen-bond donors (Lipinski definition) is 2. The number of likely N-dealkylation sites (tertiary alicyclic amines) is 1. The summed E-state index contributed by atoms with van der Waals surface area (Å²) in [5.41, 5.74) is 5.91. The van der Waals surface area contributed by atoms with E-state index in [-0.39, 0.29) is 53.4 Å². The molecule has 2 heterocycles. The molecule has 2 aliphatic rings. The highest BCUT2D eigenvalue weighted by atomic mass is 35.5. The van der Waals surface area contributed by atoms with Crippen LogP contribution in [0.5, 0.6) is 0 Å². The topological polar surface area (TPSA) is 84.7 Å². The van der Waals surface area contributed by atoms with Gasteiger partial charge in [0.1, 0.15) is 5.82 Å². The number of halogens is 4. The molecule has 1 saturated heterocycles. The molecule has 1 fully saturated rings. The minimum Gasteiger partial charge on any atom is -0.436 e. The lowest BCUT2D eigenvalue weighted by atomic mass is 9.82. The zero-order chi connectivity index (χ0) is 21.5. The smallest absolute Gasteiger partial charge is 0.412 e. The predicted octanol–water partition coefficient (Wildman–Crippen LogP) is 3.99. The number of hydrogen-bond acceptors (Lipinski definition) is 4. The second kappa shape index (κ2) is 8.98. The Hall–Kier alpha value is -2.42. The molecule has 1 spiro atoms. The molecule has 0 radical (unpaired) electrons. The fraction of sp³-hybridized carbons (Fsp3) is 0.333. The number of carbonyl (C=O) groups excluding carboxylic acids is 2. The lowest BCUT2D eigenvalue weighted by molar-refractivity contribution is -0.140. The Morgan fingerprint density at radius 3 is 2.68 bits per heavy atom. The van der Waals surface area contributed by atoms with Gasteiger partial charge in [0, 0.05) is 6.54 Å². The van der Waals surface area contributed by atoms with Crippen molar-refractivity contribution in [2.45, 2.75) is 30.9 Å². The van der Waals surface area contributed by atoms with Crippen molar-refractivity contribution in [3.63, 3.8) is 0 Å². The average Bonchev–Trinajstić information content (AvgIpc) is 2.71. The Balaban J connectivity index is 0.00000272. The van der Waals surface area contributed by atoms with E-state index in [1.54, 1.807) is 12.1 Å². The van der Waals surface area contributed by atoms with Crippen LogP contribution in [0.15, 0.2) is 36.4 Å².